The second-order valence-corrected chi connectivity index (χ2v) is 8.60. The normalized spacial score (nSPS) is 21.6. The lowest BCUT2D eigenvalue weighted by molar-refractivity contribution is -0.127. The molecule has 2 aromatic rings. The molecule has 2 saturated heterocycles. The molecule has 0 radical (unpaired) electrons. The number of carbonyl (C=O) groups excluding carboxylic acids is 1. The van der Waals surface area contributed by atoms with Crippen molar-refractivity contribution in [2.75, 3.05) is 32.7 Å². The van der Waals surface area contributed by atoms with Crippen LogP contribution in [0.5, 0.6) is 0 Å². The van der Waals surface area contributed by atoms with Crippen LogP contribution in [-0.4, -0.2) is 64.6 Å². The zero-order valence-corrected chi connectivity index (χ0v) is 17.9. The van der Waals surface area contributed by atoms with Crippen LogP contribution in [0, 0.1) is 12.8 Å². The van der Waals surface area contributed by atoms with Crippen molar-refractivity contribution in [1.29, 1.82) is 0 Å². The second kappa shape index (κ2) is 10.2. The maximum atomic E-state index is 12.7. The molecule has 0 bridgehead atoms. The summed E-state index contributed by atoms with van der Waals surface area (Å²) < 4.78 is 5.25. The van der Waals surface area contributed by atoms with Gasteiger partial charge in [0, 0.05) is 32.2 Å². The molecule has 1 atom stereocenters. The summed E-state index contributed by atoms with van der Waals surface area (Å²) in [6.07, 6.45) is 5.27. The van der Waals surface area contributed by atoms with Gasteiger partial charge in [-0.05, 0) is 51.1 Å². The predicted octanol–water partition coefficient (Wildman–Crippen LogP) is 2.41. The molecule has 3 heterocycles. The van der Waals surface area contributed by atoms with Gasteiger partial charge in [-0.3, -0.25) is 14.6 Å². The van der Waals surface area contributed by atoms with Crippen LogP contribution in [0.1, 0.15) is 43.0 Å². The van der Waals surface area contributed by atoms with E-state index in [9.17, 15) is 4.79 Å². The molecule has 2 aliphatic rings. The van der Waals surface area contributed by atoms with Crippen molar-refractivity contribution < 1.29 is 9.32 Å². The molecule has 0 spiro atoms. The Morgan fingerprint density at radius 2 is 1.97 bits per heavy atom. The molecule has 162 valence electrons. The van der Waals surface area contributed by atoms with Gasteiger partial charge in [0.2, 0.25) is 11.8 Å². The predicted molar refractivity (Wildman–Crippen MR) is 115 cm³/mol. The van der Waals surface area contributed by atoms with Crippen LogP contribution >= 0.6 is 0 Å². The smallest absolute Gasteiger partial charge is 0.240 e. The molecule has 2 fully saturated rings. The Balaban J connectivity index is 1.19. The molecule has 2 aliphatic heterocycles. The van der Waals surface area contributed by atoms with Gasteiger partial charge in [0.25, 0.3) is 0 Å². The van der Waals surface area contributed by atoms with Crippen LogP contribution in [0.2, 0.25) is 0 Å². The number of carbonyl (C=O) groups is 1. The van der Waals surface area contributed by atoms with Gasteiger partial charge in [-0.2, -0.15) is 4.98 Å². The van der Waals surface area contributed by atoms with E-state index in [1.165, 1.54) is 5.56 Å². The summed E-state index contributed by atoms with van der Waals surface area (Å²) in [5, 5.41) is 7.04. The highest BCUT2D eigenvalue weighted by Gasteiger charge is 2.31. The third-order valence-corrected chi connectivity index (χ3v) is 6.38. The quantitative estimate of drug-likeness (QED) is 0.754. The summed E-state index contributed by atoms with van der Waals surface area (Å²) in [6, 6.07) is 10.9. The van der Waals surface area contributed by atoms with Gasteiger partial charge in [-0.15, -0.1) is 0 Å². The minimum Gasteiger partial charge on any atom is -0.355 e. The molecule has 1 aromatic carbocycles. The minimum absolute atomic E-state index is 0.119. The maximum absolute atomic E-state index is 12.7. The van der Waals surface area contributed by atoms with E-state index in [0.29, 0.717) is 24.3 Å². The van der Waals surface area contributed by atoms with Crippen molar-refractivity contribution >= 4 is 5.91 Å². The molecule has 1 amide bonds. The first-order valence-corrected chi connectivity index (χ1v) is 11.2. The molecule has 4 rings (SSSR count). The number of likely N-dealkylation sites (tertiary alicyclic amines) is 2. The Bertz CT molecular complexity index is 801. The maximum Gasteiger partial charge on any atom is 0.240 e. The van der Waals surface area contributed by atoms with E-state index in [2.05, 4.69) is 37.4 Å². The first kappa shape index (κ1) is 21.0. The van der Waals surface area contributed by atoms with E-state index in [-0.39, 0.29) is 11.8 Å². The van der Waals surface area contributed by atoms with E-state index in [4.69, 9.17) is 4.52 Å². The number of aromatic nitrogens is 2. The average Bonchev–Trinajstić information content (AvgIpc) is 3.19. The van der Waals surface area contributed by atoms with Crippen LogP contribution in [0.15, 0.2) is 34.9 Å². The number of piperidine rings is 2. The fourth-order valence-corrected chi connectivity index (χ4v) is 4.71. The van der Waals surface area contributed by atoms with Crippen LogP contribution in [-0.2, 0) is 17.8 Å². The van der Waals surface area contributed by atoms with Crippen LogP contribution in [0.25, 0.3) is 0 Å². The Labute approximate surface area is 178 Å². The number of amides is 1. The summed E-state index contributed by atoms with van der Waals surface area (Å²) in [5.74, 6) is 1.74. The molecule has 1 aromatic heterocycles. The Hall–Kier alpha value is -2.25. The largest absolute Gasteiger partial charge is 0.355 e. The van der Waals surface area contributed by atoms with Gasteiger partial charge >= 0.3 is 0 Å². The highest BCUT2D eigenvalue weighted by molar-refractivity contribution is 5.79. The van der Waals surface area contributed by atoms with Gasteiger partial charge in [0.05, 0.1) is 12.5 Å². The van der Waals surface area contributed by atoms with E-state index >= 15 is 0 Å². The van der Waals surface area contributed by atoms with Crippen molar-refractivity contribution in [3.05, 3.63) is 47.6 Å². The highest BCUT2D eigenvalue weighted by Crippen LogP contribution is 2.24. The number of aryl methyl sites for hydroxylation is 1. The van der Waals surface area contributed by atoms with E-state index in [1.54, 1.807) is 0 Å². The fraction of sp³-hybridized carbons (Fsp3) is 0.609. The molecule has 7 heteroatoms. The number of benzene rings is 1. The lowest BCUT2D eigenvalue weighted by atomic mass is 9.93. The van der Waals surface area contributed by atoms with Gasteiger partial charge in [-0.1, -0.05) is 35.5 Å². The summed E-state index contributed by atoms with van der Waals surface area (Å²) in [6.45, 7) is 7.38. The average molecular weight is 412 g/mol. The molecular weight excluding hydrogens is 378 g/mol. The Kier molecular flexibility index (Phi) is 7.12. The number of rotatable bonds is 7. The van der Waals surface area contributed by atoms with Gasteiger partial charge in [0.15, 0.2) is 5.82 Å². The molecule has 1 N–H and O–H groups in total. The zero-order chi connectivity index (χ0) is 20.8. The SMILES string of the molecule is Cc1noc(CN2CCC(N3CCC[C@@H](C(=O)NCCc4ccccc4)C3)CC2)n1. The molecule has 0 unspecified atom stereocenters. The Morgan fingerprint density at radius 3 is 2.70 bits per heavy atom. The molecule has 0 aliphatic carbocycles. The lowest BCUT2D eigenvalue weighted by Gasteiger charge is -2.41. The van der Waals surface area contributed by atoms with Crippen molar-refractivity contribution in [3.8, 4) is 0 Å². The van der Waals surface area contributed by atoms with E-state index in [1.807, 2.05) is 25.1 Å². The molecular formula is C23H33N5O2. The minimum atomic E-state index is 0.119. The number of hydrogen-bond donors (Lipinski definition) is 1. The number of hydrogen-bond acceptors (Lipinski definition) is 6. The van der Waals surface area contributed by atoms with Gasteiger partial charge in [-0.25, -0.2) is 0 Å². The summed E-state index contributed by atoms with van der Waals surface area (Å²) >= 11 is 0. The fourth-order valence-electron chi connectivity index (χ4n) is 4.71. The van der Waals surface area contributed by atoms with Crippen LogP contribution in [0.4, 0.5) is 0 Å². The van der Waals surface area contributed by atoms with Crippen molar-refractivity contribution in [1.82, 2.24) is 25.3 Å². The number of nitrogens with zero attached hydrogens (tertiary/aromatic N) is 4. The molecule has 30 heavy (non-hydrogen) atoms. The standard InChI is InChI=1S/C23H33N5O2/c1-18-25-22(30-26-18)17-27-14-10-21(11-15-27)28-13-5-8-20(16-28)23(29)24-12-9-19-6-3-2-4-7-19/h2-4,6-7,20-21H,5,8-17H2,1H3,(H,24,29)/t20-/m1/s1. The zero-order valence-electron chi connectivity index (χ0n) is 17.9. The summed E-state index contributed by atoms with van der Waals surface area (Å²) in [5.41, 5.74) is 1.27. The third kappa shape index (κ3) is 5.67. The number of nitrogens with one attached hydrogen (secondary N) is 1. The second-order valence-electron chi connectivity index (χ2n) is 8.60. The van der Waals surface area contributed by atoms with Crippen LogP contribution in [0.3, 0.4) is 0 Å². The monoisotopic (exact) mass is 411 g/mol. The van der Waals surface area contributed by atoms with Gasteiger partial charge in [0.1, 0.15) is 0 Å². The van der Waals surface area contributed by atoms with E-state index in [0.717, 1.165) is 64.8 Å². The summed E-state index contributed by atoms with van der Waals surface area (Å²) in [4.78, 5) is 22.0. The first-order valence-electron chi connectivity index (χ1n) is 11.2. The highest BCUT2D eigenvalue weighted by atomic mass is 16.5. The lowest BCUT2D eigenvalue weighted by Crippen LogP contribution is -2.50. The third-order valence-electron chi connectivity index (χ3n) is 6.38. The van der Waals surface area contributed by atoms with Crippen molar-refractivity contribution in [3.63, 3.8) is 0 Å². The summed E-state index contributed by atoms with van der Waals surface area (Å²) in [7, 11) is 0. The first-order chi connectivity index (χ1) is 14.7. The van der Waals surface area contributed by atoms with E-state index < -0.39 is 0 Å². The molecule has 7 nitrogen and oxygen atoms in total. The van der Waals surface area contributed by atoms with Crippen molar-refractivity contribution in [2.24, 2.45) is 5.92 Å². The van der Waals surface area contributed by atoms with Gasteiger partial charge < -0.3 is 9.84 Å². The van der Waals surface area contributed by atoms with Crippen molar-refractivity contribution in [2.45, 2.75) is 51.6 Å². The molecule has 0 saturated carbocycles. The van der Waals surface area contributed by atoms with Crippen LogP contribution < -0.4 is 5.32 Å². The topological polar surface area (TPSA) is 74.5 Å². The Morgan fingerprint density at radius 1 is 1.17 bits per heavy atom.